The largest absolute Gasteiger partial charge is 0.373 e. The van der Waals surface area contributed by atoms with E-state index in [2.05, 4.69) is 0 Å². The minimum Gasteiger partial charge on any atom is -0.373 e. The number of aryl methyl sites for hydroxylation is 2. The van der Waals surface area contributed by atoms with Gasteiger partial charge in [0.2, 0.25) is 10.0 Å². The third-order valence-electron chi connectivity index (χ3n) is 5.96. The van der Waals surface area contributed by atoms with Crippen LogP contribution in [-0.4, -0.2) is 51.2 Å². The van der Waals surface area contributed by atoms with E-state index in [9.17, 15) is 16.8 Å². The number of morpholine rings is 1. The third-order valence-corrected chi connectivity index (χ3v) is 10.4. The summed E-state index contributed by atoms with van der Waals surface area (Å²) in [4.78, 5) is 0.303. The fourth-order valence-electron chi connectivity index (χ4n) is 3.83. The highest BCUT2D eigenvalue weighted by Crippen LogP contribution is 2.23. The van der Waals surface area contributed by atoms with E-state index in [1.807, 2.05) is 50.2 Å². The van der Waals surface area contributed by atoms with Gasteiger partial charge in [0.25, 0.3) is 0 Å². The summed E-state index contributed by atoms with van der Waals surface area (Å²) in [6, 6.07) is 14.8. The van der Waals surface area contributed by atoms with E-state index in [0.29, 0.717) is 18.0 Å². The molecule has 0 aromatic heterocycles. The van der Waals surface area contributed by atoms with Crippen LogP contribution in [0.2, 0.25) is 0 Å². The maximum absolute atomic E-state index is 13.0. The smallest absolute Gasteiger partial charge is 0.243 e. The fraction of sp³-hybridized carbons (Fsp3) is 0.520. The number of ether oxygens (including phenoxy) is 1. The van der Waals surface area contributed by atoms with E-state index < -0.39 is 24.6 Å². The lowest BCUT2D eigenvalue weighted by molar-refractivity contribution is -0.0440. The number of sulfone groups is 1. The zero-order chi connectivity index (χ0) is 24.4. The van der Waals surface area contributed by atoms with Crippen molar-refractivity contribution in [1.29, 1.82) is 0 Å². The van der Waals surface area contributed by atoms with Crippen LogP contribution in [0.4, 0.5) is 0 Å². The van der Waals surface area contributed by atoms with E-state index in [4.69, 9.17) is 4.74 Å². The summed E-state index contributed by atoms with van der Waals surface area (Å²) in [5.41, 5.74) is 2.95. The Morgan fingerprint density at radius 3 is 1.67 bits per heavy atom. The van der Waals surface area contributed by atoms with Crippen molar-refractivity contribution in [2.24, 2.45) is 0 Å². The van der Waals surface area contributed by atoms with E-state index in [-0.39, 0.29) is 18.0 Å². The molecule has 0 radical (unpaired) electrons. The Hall–Kier alpha value is -1.74. The molecule has 1 heterocycles. The molecule has 0 bridgehead atoms. The molecule has 6 nitrogen and oxygen atoms in total. The van der Waals surface area contributed by atoms with Gasteiger partial charge < -0.3 is 4.74 Å². The van der Waals surface area contributed by atoms with Crippen molar-refractivity contribution >= 4 is 19.9 Å². The topological polar surface area (TPSA) is 80.8 Å². The summed E-state index contributed by atoms with van der Waals surface area (Å²) >= 11 is 0. The second-order valence-corrected chi connectivity index (χ2v) is 14.6. The highest BCUT2D eigenvalue weighted by molar-refractivity contribution is 7.92. The molecule has 3 rings (SSSR count). The number of benzene rings is 2. The van der Waals surface area contributed by atoms with Crippen molar-refractivity contribution in [2.75, 3.05) is 13.1 Å². The van der Waals surface area contributed by atoms with Gasteiger partial charge in [-0.15, -0.1) is 0 Å². The molecule has 0 unspecified atom stereocenters. The van der Waals surface area contributed by atoms with Crippen LogP contribution < -0.4 is 0 Å². The van der Waals surface area contributed by atoms with Crippen LogP contribution in [0.3, 0.4) is 0 Å². The summed E-state index contributed by atoms with van der Waals surface area (Å²) in [7, 11) is -6.75. The molecule has 1 saturated heterocycles. The number of hydrogen-bond acceptors (Lipinski definition) is 5. The molecule has 182 valence electrons. The molecule has 1 aliphatic rings. The molecule has 2 atom stereocenters. The predicted molar refractivity (Wildman–Crippen MR) is 131 cm³/mol. The van der Waals surface area contributed by atoms with E-state index in [1.54, 1.807) is 32.9 Å². The van der Waals surface area contributed by atoms with Crippen LogP contribution in [0.25, 0.3) is 0 Å². The Balaban J connectivity index is 1.61. The van der Waals surface area contributed by atoms with Crippen LogP contribution in [0, 0.1) is 0 Å². The summed E-state index contributed by atoms with van der Waals surface area (Å²) in [6.45, 7) is 9.65. The number of hydrogen-bond donors (Lipinski definition) is 0. The van der Waals surface area contributed by atoms with Gasteiger partial charge in [0, 0.05) is 13.1 Å². The standard InChI is InChI=1S/C25H35NO5S2/c1-19-16-26(17-20(2)31-19)33(29,30)24-14-12-22(13-15-24)7-6-21-8-10-23(11-9-21)18-32(27,28)25(3,4)5/h8-15,19-20H,6-7,16-18H2,1-5H3/t19-,20+. The molecule has 2 aromatic rings. The molecule has 2 aromatic carbocycles. The highest BCUT2D eigenvalue weighted by atomic mass is 32.2. The average Bonchev–Trinajstić information content (AvgIpc) is 2.72. The molecule has 0 saturated carbocycles. The van der Waals surface area contributed by atoms with Crippen molar-refractivity contribution in [3.63, 3.8) is 0 Å². The minimum absolute atomic E-state index is 0.0351. The van der Waals surface area contributed by atoms with Crippen LogP contribution in [0.5, 0.6) is 0 Å². The molecule has 0 spiro atoms. The molecule has 1 aliphatic heterocycles. The van der Waals surface area contributed by atoms with Gasteiger partial charge in [0.1, 0.15) is 0 Å². The van der Waals surface area contributed by atoms with Crippen LogP contribution in [0.15, 0.2) is 53.4 Å². The Labute approximate surface area is 198 Å². The molecule has 0 N–H and O–H groups in total. The number of nitrogens with zero attached hydrogens (tertiary/aromatic N) is 1. The first-order valence-corrected chi connectivity index (χ1v) is 14.4. The minimum atomic E-state index is -3.54. The first-order valence-electron chi connectivity index (χ1n) is 11.3. The lowest BCUT2D eigenvalue weighted by Crippen LogP contribution is -2.48. The molecule has 33 heavy (non-hydrogen) atoms. The highest BCUT2D eigenvalue weighted by Gasteiger charge is 2.32. The lowest BCUT2D eigenvalue weighted by Gasteiger charge is -2.34. The van der Waals surface area contributed by atoms with E-state index >= 15 is 0 Å². The maximum Gasteiger partial charge on any atom is 0.243 e. The second kappa shape index (κ2) is 9.86. The first-order chi connectivity index (χ1) is 15.3. The summed E-state index contributed by atoms with van der Waals surface area (Å²) in [6.07, 6.45) is 1.31. The van der Waals surface area contributed by atoms with Crippen molar-refractivity contribution < 1.29 is 21.6 Å². The van der Waals surface area contributed by atoms with Crippen LogP contribution in [-0.2, 0) is 43.2 Å². The average molecular weight is 494 g/mol. The zero-order valence-electron chi connectivity index (χ0n) is 20.1. The van der Waals surface area contributed by atoms with Gasteiger partial charge in [0.15, 0.2) is 9.84 Å². The number of rotatable bonds is 7. The molecule has 8 heteroatoms. The van der Waals surface area contributed by atoms with Gasteiger partial charge in [-0.2, -0.15) is 4.31 Å². The molecule has 1 fully saturated rings. The summed E-state index contributed by atoms with van der Waals surface area (Å²) in [5, 5.41) is 0. The van der Waals surface area contributed by atoms with Crippen molar-refractivity contribution in [1.82, 2.24) is 4.31 Å². The van der Waals surface area contributed by atoms with Gasteiger partial charge in [-0.25, -0.2) is 16.8 Å². The van der Waals surface area contributed by atoms with Crippen LogP contribution in [0.1, 0.15) is 51.3 Å². The zero-order valence-corrected chi connectivity index (χ0v) is 21.7. The molecular formula is C25H35NO5S2. The molecular weight excluding hydrogens is 458 g/mol. The van der Waals surface area contributed by atoms with E-state index in [1.165, 1.54) is 4.31 Å². The summed E-state index contributed by atoms with van der Waals surface area (Å²) in [5.74, 6) is 0.0351. The van der Waals surface area contributed by atoms with E-state index in [0.717, 1.165) is 29.5 Å². The fourth-order valence-corrected chi connectivity index (χ4v) is 6.49. The molecule has 0 aliphatic carbocycles. The second-order valence-electron chi connectivity index (χ2n) is 9.91. The summed E-state index contributed by atoms with van der Waals surface area (Å²) < 4.78 is 57.1. The van der Waals surface area contributed by atoms with Gasteiger partial charge >= 0.3 is 0 Å². The van der Waals surface area contributed by atoms with Crippen LogP contribution >= 0.6 is 0 Å². The normalized spacial score (nSPS) is 20.6. The van der Waals surface area contributed by atoms with Gasteiger partial charge in [0.05, 0.1) is 27.6 Å². The van der Waals surface area contributed by atoms with Crippen molar-refractivity contribution in [3.8, 4) is 0 Å². The SMILES string of the molecule is C[C@@H]1CN(S(=O)(=O)c2ccc(CCc3ccc(CS(=O)(=O)C(C)(C)C)cc3)cc2)C[C@H](C)O1. The third kappa shape index (κ3) is 6.44. The maximum atomic E-state index is 13.0. The quantitative estimate of drug-likeness (QED) is 0.583. The monoisotopic (exact) mass is 493 g/mol. The molecule has 0 amide bonds. The van der Waals surface area contributed by atoms with Crippen molar-refractivity contribution in [3.05, 3.63) is 65.2 Å². The Morgan fingerprint density at radius 2 is 1.21 bits per heavy atom. The van der Waals surface area contributed by atoms with Gasteiger partial charge in [-0.1, -0.05) is 36.4 Å². The number of sulfonamides is 1. The van der Waals surface area contributed by atoms with Gasteiger partial charge in [-0.05, 0) is 76.3 Å². The Bertz CT molecular complexity index is 1140. The van der Waals surface area contributed by atoms with Crippen molar-refractivity contribution in [2.45, 2.75) is 75.1 Å². The Morgan fingerprint density at radius 1 is 0.788 bits per heavy atom. The predicted octanol–water partition coefficient (Wildman–Crippen LogP) is 3.98. The van der Waals surface area contributed by atoms with Gasteiger partial charge in [-0.3, -0.25) is 0 Å². The lowest BCUT2D eigenvalue weighted by atomic mass is 10.0. The Kier molecular flexibility index (Phi) is 7.73. The first kappa shape index (κ1) is 25.9.